The van der Waals surface area contributed by atoms with Gasteiger partial charge in [0.25, 0.3) is 0 Å². The van der Waals surface area contributed by atoms with Gasteiger partial charge in [0.05, 0.1) is 6.07 Å². The lowest BCUT2D eigenvalue weighted by atomic mass is 9.85. The standard InChI is InChI=1S/C8H13NO/c1-8(2,5-7-10)4-3-6-9/h7H,3-5H2,1-2H3. The van der Waals surface area contributed by atoms with E-state index < -0.39 is 0 Å². The Morgan fingerprint density at radius 3 is 2.60 bits per heavy atom. The first kappa shape index (κ1) is 9.16. The minimum absolute atomic E-state index is 0.0114. The average molecular weight is 139 g/mol. The predicted octanol–water partition coefficient (Wildman–Crippen LogP) is 1.91. The third-order valence-corrected chi connectivity index (χ3v) is 1.55. The Labute approximate surface area is 61.8 Å². The van der Waals surface area contributed by atoms with Crippen molar-refractivity contribution < 1.29 is 4.79 Å². The summed E-state index contributed by atoms with van der Waals surface area (Å²) in [5.74, 6) is 0. The second-order valence-electron chi connectivity index (χ2n) is 3.19. The first-order chi connectivity index (χ1) is 4.62. The lowest BCUT2D eigenvalue weighted by Crippen LogP contribution is -2.10. The second-order valence-corrected chi connectivity index (χ2v) is 3.19. The molecule has 0 unspecified atom stereocenters. The molecule has 0 heterocycles. The highest BCUT2D eigenvalue weighted by Gasteiger charge is 2.15. The molecule has 10 heavy (non-hydrogen) atoms. The smallest absolute Gasteiger partial charge is 0.120 e. The van der Waals surface area contributed by atoms with Crippen molar-refractivity contribution >= 4 is 6.29 Å². The third-order valence-electron chi connectivity index (χ3n) is 1.55. The van der Waals surface area contributed by atoms with Crippen molar-refractivity contribution in [2.45, 2.75) is 33.1 Å². The molecule has 0 aliphatic carbocycles. The molecule has 0 radical (unpaired) electrons. The van der Waals surface area contributed by atoms with Gasteiger partial charge in [-0.3, -0.25) is 0 Å². The van der Waals surface area contributed by atoms with Crippen LogP contribution in [0.1, 0.15) is 33.1 Å². The minimum atomic E-state index is 0.0114. The van der Waals surface area contributed by atoms with E-state index in [0.29, 0.717) is 12.8 Å². The number of aldehydes is 1. The first-order valence-electron chi connectivity index (χ1n) is 3.43. The van der Waals surface area contributed by atoms with E-state index in [1.807, 2.05) is 13.8 Å². The van der Waals surface area contributed by atoms with Gasteiger partial charge in [0, 0.05) is 12.8 Å². The molecule has 0 amide bonds. The summed E-state index contributed by atoms with van der Waals surface area (Å²) in [6.45, 7) is 4.00. The van der Waals surface area contributed by atoms with Gasteiger partial charge in [0.15, 0.2) is 0 Å². The van der Waals surface area contributed by atoms with Crippen LogP contribution >= 0.6 is 0 Å². The van der Waals surface area contributed by atoms with Crippen LogP contribution in [0.15, 0.2) is 0 Å². The fourth-order valence-corrected chi connectivity index (χ4v) is 0.722. The molecule has 0 fully saturated rings. The van der Waals surface area contributed by atoms with Crippen LogP contribution < -0.4 is 0 Å². The van der Waals surface area contributed by atoms with E-state index >= 15 is 0 Å². The molecule has 0 bridgehead atoms. The Morgan fingerprint density at radius 2 is 2.20 bits per heavy atom. The van der Waals surface area contributed by atoms with Crippen molar-refractivity contribution in [1.82, 2.24) is 0 Å². The molecule has 0 N–H and O–H groups in total. The molecule has 0 aromatic carbocycles. The van der Waals surface area contributed by atoms with Crippen LogP contribution in [0.4, 0.5) is 0 Å². The summed E-state index contributed by atoms with van der Waals surface area (Å²) in [5.41, 5.74) is 0.0114. The number of hydrogen-bond donors (Lipinski definition) is 0. The monoisotopic (exact) mass is 139 g/mol. The van der Waals surface area contributed by atoms with Crippen LogP contribution in [0.2, 0.25) is 0 Å². The maximum Gasteiger partial charge on any atom is 0.120 e. The number of hydrogen-bond acceptors (Lipinski definition) is 2. The summed E-state index contributed by atoms with van der Waals surface area (Å²) in [5, 5.41) is 8.26. The maximum absolute atomic E-state index is 10.1. The molecule has 0 saturated carbocycles. The number of rotatable bonds is 4. The van der Waals surface area contributed by atoms with Gasteiger partial charge in [-0.2, -0.15) is 5.26 Å². The van der Waals surface area contributed by atoms with Crippen molar-refractivity contribution in [2.24, 2.45) is 5.41 Å². The third kappa shape index (κ3) is 4.08. The van der Waals surface area contributed by atoms with Crippen LogP contribution in [-0.4, -0.2) is 6.29 Å². The molecule has 2 nitrogen and oxygen atoms in total. The summed E-state index contributed by atoms with van der Waals surface area (Å²) in [6, 6.07) is 2.07. The average Bonchev–Trinajstić information content (AvgIpc) is 1.84. The fraction of sp³-hybridized carbons (Fsp3) is 0.750. The molecular formula is C8H13NO. The van der Waals surface area contributed by atoms with E-state index in [9.17, 15) is 4.79 Å². The highest BCUT2D eigenvalue weighted by atomic mass is 16.1. The summed E-state index contributed by atoms with van der Waals surface area (Å²) in [4.78, 5) is 10.1. The van der Waals surface area contributed by atoms with E-state index in [0.717, 1.165) is 12.7 Å². The molecule has 0 saturated heterocycles. The quantitative estimate of drug-likeness (QED) is 0.558. The Balaban J connectivity index is 3.64. The number of carbonyl (C=O) groups excluding carboxylic acids is 1. The van der Waals surface area contributed by atoms with Crippen molar-refractivity contribution in [1.29, 1.82) is 5.26 Å². The van der Waals surface area contributed by atoms with Crippen molar-refractivity contribution in [2.75, 3.05) is 0 Å². The molecule has 0 atom stereocenters. The van der Waals surface area contributed by atoms with Crippen LogP contribution in [0.5, 0.6) is 0 Å². The summed E-state index contributed by atoms with van der Waals surface area (Å²) in [7, 11) is 0. The van der Waals surface area contributed by atoms with Crippen molar-refractivity contribution in [3.63, 3.8) is 0 Å². The summed E-state index contributed by atoms with van der Waals surface area (Å²) in [6.07, 6.45) is 2.81. The molecule has 0 spiro atoms. The lowest BCUT2D eigenvalue weighted by molar-refractivity contribution is -0.109. The zero-order valence-corrected chi connectivity index (χ0v) is 6.55. The predicted molar refractivity (Wildman–Crippen MR) is 39.3 cm³/mol. The van der Waals surface area contributed by atoms with Crippen LogP contribution in [0, 0.1) is 16.7 Å². The van der Waals surface area contributed by atoms with Gasteiger partial charge in [-0.1, -0.05) is 13.8 Å². The normalized spacial score (nSPS) is 10.5. The van der Waals surface area contributed by atoms with Gasteiger partial charge in [0.1, 0.15) is 6.29 Å². The maximum atomic E-state index is 10.1. The molecule has 2 heteroatoms. The van der Waals surface area contributed by atoms with Gasteiger partial charge in [-0.25, -0.2) is 0 Å². The SMILES string of the molecule is CC(C)(CC=O)CCC#N. The molecular weight excluding hydrogens is 126 g/mol. The topological polar surface area (TPSA) is 40.9 Å². The number of nitrogens with zero attached hydrogens (tertiary/aromatic N) is 1. The van der Waals surface area contributed by atoms with Crippen LogP contribution in [-0.2, 0) is 4.79 Å². The molecule has 0 aromatic heterocycles. The van der Waals surface area contributed by atoms with Gasteiger partial charge in [0.2, 0.25) is 0 Å². The zero-order chi connectivity index (χ0) is 8.04. The Morgan fingerprint density at radius 1 is 1.60 bits per heavy atom. The van der Waals surface area contributed by atoms with Gasteiger partial charge >= 0.3 is 0 Å². The number of carbonyl (C=O) groups is 1. The second kappa shape index (κ2) is 4.05. The van der Waals surface area contributed by atoms with Gasteiger partial charge in [-0.05, 0) is 11.8 Å². The molecule has 0 aliphatic rings. The highest BCUT2D eigenvalue weighted by molar-refractivity contribution is 5.50. The summed E-state index contributed by atoms with van der Waals surface area (Å²) >= 11 is 0. The molecule has 0 rings (SSSR count). The lowest BCUT2D eigenvalue weighted by Gasteiger charge is -2.19. The van der Waals surface area contributed by atoms with Gasteiger partial charge in [-0.15, -0.1) is 0 Å². The van der Waals surface area contributed by atoms with E-state index in [2.05, 4.69) is 6.07 Å². The van der Waals surface area contributed by atoms with E-state index in [1.165, 1.54) is 0 Å². The van der Waals surface area contributed by atoms with Crippen LogP contribution in [0.3, 0.4) is 0 Å². The largest absolute Gasteiger partial charge is 0.303 e. The molecule has 56 valence electrons. The van der Waals surface area contributed by atoms with Crippen LogP contribution in [0.25, 0.3) is 0 Å². The first-order valence-corrected chi connectivity index (χ1v) is 3.43. The van der Waals surface area contributed by atoms with Crippen molar-refractivity contribution in [3.8, 4) is 6.07 Å². The molecule has 0 aromatic rings. The summed E-state index contributed by atoms with van der Waals surface area (Å²) < 4.78 is 0. The number of nitriles is 1. The Kier molecular flexibility index (Phi) is 3.71. The van der Waals surface area contributed by atoms with Gasteiger partial charge < -0.3 is 4.79 Å². The van der Waals surface area contributed by atoms with Crippen molar-refractivity contribution in [3.05, 3.63) is 0 Å². The zero-order valence-electron chi connectivity index (χ0n) is 6.55. The molecule has 0 aliphatic heterocycles. The van der Waals surface area contributed by atoms with E-state index in [-0.39, 0.29) is 5.41 Å². The Bertz CT molecular complexity index is 144. The fourth-order valence-electron chi connectivity index (χ4n) is 0.722. The minimum Gasteiger partial charge on any atom is -0.303 e. The van der Waals surface area contributed by atoms with E-state index in [1.54, 1.807) is 0 Å². The van der Waals surface area contributed by atoms with E-state index in [4.69, 9.17) is 5.26 Å². The highest BCUT2D eigenvalue weighted by Crippen LogP contribution is 2.24. The Hall–Kier alpha value is -0.840.